The van der Waals surface area contributed by atoms with Gasteiger partial charge in [0, 0.05) is 72.0 Å². The molecule has 0 aromatic rings. The molecule has 0 aromatic heterocycles. The molecule has 13 heteroatoms. The summed E-state index contributed by atoms with van der Waals surface area (Å²) >= 11 is 0. The van der Waals surface area contributed by atoms with Gasteiger partial charge >= 0.3 is 11.9 Å². The van der Waals surface area contributed by atoms with E-state index in [4.69, 9.17) is 5.73 Å². The van der Waals surface area contributed by atoms with E-state index in [0.717, 1.165) is 0 Å². The zero-order chi connectivity index (χ0) is 23.2. The number of nitrogens with two attached hydrogens (primary N) is 1. The van der Waals surface area contributed by atoms with Gasteiger partial charge < -0.3 is 31.5 Å². The van der Waals surface area contributed by atoms with Crippen molar-refractivity contribution in [3.63, 3.8) is 0 Å². The van der Waals surface area contributed by atoms with Crippen LogP contribution in [0.1, 0.15) is 0 Å². The standard InChI is InChI=1S/C18H36N6O7/c19-1-2-20-15(25)11-21-3-5-22(12-16(26)27)7-9-24(14-18(30)31)10-8-23(6-4-21)13-17(28)29/h18,30-31H,1-14,19H2,(H,20,25)(H,26,27)(H,28,29). The highest BCUT2D eigenvalue weighted by Gasteiger charge is 2.20. The largest absolute Gasteiger partial charge is 0.480 e. The van der Waals surface area contributed by atoms with Gasteiger partial charge in [-0.1, -0.05) is 0 Å². The molecule has 1 saturated heterocycles. The van der Waals surface area contributed by atoms with Crippen molar-refractivity contribution in [2.45, 2.75) is 6.29 Å². The number of aliphatic hydroxyl groups is 2. The molecule has 31 heavy (non-hydrogen) atoms. The highest BCUT2D eigenvalue weighted by Crippen LogP contribution is 2.02. The maximum Gasteiger partial charge on any atom is 0.317 e. The fourth-order valence-electron chi connectivity index (χ4n) is 3.32. The monoisotopic (exact) mass is 448 g/mol. The van der Waals surface area contributed by atoms with Gasteiger partial charge in [0.15, 0.2) is 6.29 Å². The van der Waals surface area contributed by atoms with Crippen LogP contribution in [0.4, 0.5) is 0 Å². The SMILES string of the molecule is NCCNC(=O)CN1CCN(CC(=O)O)CCN(CC(O)O)CCN(CC(=O)O)CC1. The Morgan fingerprint density at radius 3 is 1.48 bits per heavy atom. The molecule has 0 aromatic carbocycles. The van der Waals surface area contributed by atoms with E-state index < -0.39 is 18.2 Å². The molecule has 0 radical (unpaired) electrons. The first-order chi connectivity index (χ1) is 14.7. The summed E-state index contributed by atoms with van der Waals surface area (Å²) in [6, 6.07) is 0. The highest BCUT2D eigenvalue weighted by molar-refractivity contribution is 5.78. The maximum absolute atomic E-state index is 12.1. The van der Waals surface area contributed by atoms with Gasteiger partial charge in [0.2, 0.25) is 5.91 Å². The molecule has 0 aliphatic carbocycles. The van der Waals surface area contributed by atoms with Gasteiger partial charge in [-0.2, -0.15) is 0 Å². The Bertz CT molecular complexity index is 534. The van der Waals surface area contributed by atoms with E-state index in [0.29, 0.717) is 65.4 Å². The Morgan fingerprint density at radius 2 is 1.13 bits per heavy atom. The fourth-order valence-corrected chi connectivity index (χ4v) is 3.32. The number of nitrogens with one attached hydrogen (secondary N) is 1. The Hall–Kier alpha value is -1.87. The number of β-amino-alcohol motifs (C(OH)–C–C–N with tert-alkyl or cyclic N) is 2. The zero-order valence-electron chi connectivity index (χ0n) is 17.9. The summed E-state index contributed by atoms with van der Waals surface area (Å²) in [6.45, 7) is 3.60. The van der Waals surface area contributed by atoms with Gasteiger partial charge in [-0.05, 0) is 0 Å². The Labute approximate surface area is 182 Å². The minimum atomic E-state index is -1.55. The summed E-state index contributed by atoms with van der Waals surface area (Å²) in [4.78, 5) is 41.7. The molecule has 0 saturated carbocycles. The first-order valence-corrected chi connectivity index (χ1v) is 10.4. The number of rotatable bonds is 10. The van der Waals surface area contributed by atoms with Crippen LogP contribution in [0.2, 0.25) is 0 Å². The molecule has 7 N–H and O–H groups in total. The third kappa shape index (κ3) is 13.2. The molecular formula is C18H36N6O7. The molecule has 0 bridgehead atoms. The van der Waals surface area contributed by atoms with E-state index in [1.54, 1.807) is 14.7 Å². The molecule has 1 fully saturated rings. The van der Waals surface area contributed by atoms with Gasteiger partial charge in [-0.3, -0.25) is 34.0 Å². The van der Waals surface area contributed by atoms with Crippen molar-refractivity contribution >= 4 is 17.8 Å². The summed E-state index contributed by atoms with van der Waals surface area (Å²) in [5.41, 5.74) is 5.41. The lowest BCUT2D eigenvalue weighted by Crippen LogP contribution is -2.50. The Kier molecular flexibility index (Phi) is 13.2. The van der Waals surface area contributed by atoms with Crippen molar-refractivity contribution in [1.82, 2.24) is 24.9 Å². The van der Waals surface area contributed by atoms with Crippen LogP contribution in [-0.4, -0.2) is 156 Å². The lowest BCUT2D eigenvalue weighted by atomic mass is 10.3. The maximum atomic E-state index is 12.1. The lowest BCUT2D eigenvalue weighted by molar-refractivity contribution is -0.139. The average Bonchev–Trinajstić information content (AvgIpc) is 2.67. The van der Waals surface area contributed by atoms with Crippen molar-refractivity contribution in [1.29, 1.82) is 0 Å². The number of carboxylic acids is 2. The van der Waals surface area contributed by atoms with Crippen molar-refractivity contribution in [2.24, 2.45) is 5.73 Å². The van der Waals surface area contributed by atoms with Crippen LogP contribution in [0.3, 0.4) is 0 Å². The van der Waals surface area contributed by atoms with Crippen molar-refractivity contribution < 1.29 is 34.8 Å². The molecule has 0 unspecified atom stereocenters. The van der Waals surface area contributed by atoms with Crippen LogP contribution in [-0.2, 0) is 14.4 Å². The number of aliphatic hydroxyl groups excluding tert-OH is 1. The number of carbonyl (C=O) groups excluding carboxylic acids is 1. The lowest BCUT2D eigenvalue weighted by Gasteiger charge is -2.33. The predicted octanol–water partition coefficient (Wildman–Crippen LogP) is -4.24. The third-order valence-electron chi connectivity index (χ3n) is 4.90. The van der Waals surface area contributed by atoms with Gasteiger partial charge in [0.05, 0.1) is 19.6 Å². The summed E-state index contributed by atoms with van der Waals surface area (Å²) in [6.07, 6.45) is -1.55. The molecule has 0 atom stereocenters. The number of nitrogens with zero attached hydrogens (tertiary/aromatic N) is 4. The first kappa shape index (κ1) is 27.2. The molecule has 13 nitrogen and oxygen atoms in total. The van der Waals surface area contributed by atoms with Crippen molar-refractivity contribution in [3.05, 3.63) is 0 Å². The Balaban J connectivity index is 2.90. The molecule has 180 valence electrons. The van der Waals surface area contributed by atoms with Gasteiger partial charge in [0.1, 0.15) is 0 Å². The summed E-state index contributed by atoms with van der Waals surface area (Å²) in [5, 5.41) is 39.8. The fraction of sp³-hybridized carbons (Fsp3) is 0.833. The molecule has 1 heterocycles. The number of carbonyl (C=O) groups is 3. The van der Waals surface area contributed by atoms with E-state index in [1.807, 2.05) is 4.90 Å². The first-order valence-electron chi connectivity index (χ1n) is 10.4. The third-order valence-corrected chi connectivity index (χ3v) is 4.90. The van der Waals surface area contributed by atoms with Crippen LogP contribution in [0.15, 0.2) is 0 Å². The van der Waals surface area contributed by atoms with Crippen LogP contribution >= 0.6 is 0 Å². The minimum absolute atomic E-state index is 0.0186. The summed E-state index contributed by atoms with van der Waals surface area (Å²) in [7, 11) is 0. The smallest absolute Gasteiger partial charge is 0.317 e. The second kappa shape index (κ2) is 15.0. The van der Waals surface area contributed by atoms with Crippen molar-refractivity contribution in [2.75, 3.05) is 91.6 Å². The second-order valence-electron chi connectivity index (χ2n) is 7.54. The predicted molar refractivity (Wildman–Crippen MR) is 111 cm³/mol. The minimum Gasteiger partial charge on any atom is -0.480 e. The second-order valence-corrected chi connectivity index (χ2v) is 7.54. The van der Waals surface area contributed by atoms with E-state index in [9.17, 15) is 34.8 Å². The van der Waals surface area contributed by atoms with Crippen LogP contribution in [0.5, 0.6) is 0 Å². The number of aliphatic carboxylic acids is 2. The summed E-state index contributed by atoms with van der Waals surface area (Å²) in [5.74, 6) is -2.14. The molecule has 1 rings (SSSR count). The van der Waals surface area contributed by atoms with E-state index in [2.05, 4.69) is 5.32 Å². The van der Waals surface area contributed by atoms with Gasteiger partial charge in [0.25, 0.3) is 0 Å². The van der Waals surface area contributed by atoms with Crippen LogP contribution < -0.4 is 11.1 Å². The normalized spacial score (nSPS) is 19.0. The van der Waals surface area contributed by atoms with E-state index in [-0.39, 0.29) is 32.1 Å². The molecule has 1 amide bonds. The molecule has 1 aliphatic rings. The quantitative estimate of drug-likeness (QED) is 0.177. The topological polar surface area (TPSA) is 183 Å². The van der Waals surface area contributed by atoms with E-state index in [1.165, 1.54) is 0 Å². The molecule has 0 spiro atoms. The number of amides is 1. The number of hydrogen-bond acceptors (Lipinski definition) is 10. The average molecular weight is 449 g/mol. The number of carboxylic acid groups (broad SMARTS) is 2. The van der Waals surface area contributed by atoms with Crippen LogP contribution in [0, 0.1) is 0 Å². The van der Waals surface area contributed by atoms with Gasteiger partial charge in [-0.15, -0.1) is 0 Å². The molecular weight excluding hydrogens is 412 g/mol. The highest BCUT2D eigenvalue weighted by atomic mass is 16.5. The van der Waals surface area contributed by atoms with Crippen LogP contribution in [0.25, 0.3) is 0 Å². The van der Waals surface area contributed by atoms with Gasteiger partial charge in [-0.25, -0.2) is 0 Å². The Morgan fingerprint density at radius 1 is 0.742 bits per heavy atom. The van der Waals surface area contributed by atoms with E-state index >= 15 is 0 Å². The zero-order valence-corrected chi connectivity index (χ0v) is 17.9. The molecule has 1 aliphatic heterocycles. The van der Waals surface area contributed by atoms with Crippen molar-refractivity contribution in [3.8, 4) is 0 Å². The number of hydrogen-bond donors (Lipinski definition) is 6. The summed E-state index contributed by atoms with van der Waals surface area (Å²) < 4.78 is 0.